The molecule has 0 atom stereocenters. The van der Waals surface area contributed by atoms with Crippen molar-refractivity contribution < 1.29 is 4.79 Å². The van der Waals surface area contributed by atoms with Gasteiger partial charge in [-0.05, 0) is 49.4 Å². The van der Waals surface area contributed by atoms with Crippen LogP contribution in [0.2, 0.25) is 0 Å². The van der Waals surface area contributed by atoms with E-state index in [-0.39, 0.29) is 5.91 Å². The first-order valence-electron chi connectivity index (χ1n) is 6.43. The van der Waals surface area contributed by atoms with Crippen LogP contribution in [0, 0.1) is 19.8 Å². The maximum Gasteiger partial charge on any atom is 0.253 e. The van der Waals surface area contributed by atoms with Crippen molar-refractivity contribution in [2.75, 3.05) is 5.01 Å². The molecule has 1 heterocycles. The number of hydrogen-bond acceptors (Lipinski definition) is 2. The molecule has 0 unspecified atom stereocenters. The second-order valence-corrected chi connectivity index (χ2v) is 5.49. The summed E-state index contributed by atoms with van der Waals surface area (Å²) in [7, 11) is 0. The van der Waals surface area contributed by atoms with E-state index in [4.69, 9.17) is 0 Å². The highest BCUT2D eigenvalue weighted by atomic mass is 16.2. The van der Waals surface area contributed by atoms with Crippen LogP contribution in [0.3, 0.4) is 0 Å². The van der Waals surface area contributed by atoms with Gasteiger partial charge in [0.05, 0.1) is 12.1 Å². The number of carbonyl (C=O) groups excluding carboxylic acids is 1. The standard InChI is InChI=1S/C15H20N2O/c1-10(2)5-13-9-15(18)17(16-13)14-7-11(3)6-12(4)8-14/h6-8,10H,5,9H2,1-4H3. The molecule has 0 fully saturated rings. The zero-order chi connectivity index (χ0) is 13.3. The maximum atomic E-state index is 12.0. The summed E-state index contributed by atoms with van der Waals surface area (Å²) in [5.74, 6) is 0.617. The van der Waals surface area contributed by atoms with Crippen molar-refractivity contribution in [1.82, 2.24) is 0 Å². The molecule has 0 radical (unpaired) electrons. The molecule has 0 bridgehead atoms. The van der Waals surface area contributed by atoms with Crippen LogP contribution in [0.4, 0.5) is 5.69 Å². The van der Waals surface area contributed by atoms with Crippen molar-refractivity contribution in [1.29, 1.82) is 0 Å². The van der Waals surface area contributed by atoms with Crippen LogP contribution in [0.5, 0.6) is 0 Å². The fraction of sp³-hybridized carbons (Fsp3) is 0.467. The first-order chi connectivity index (χ1) is 8.45. The van der Waals surface area contributed by atoms with Crippen molar-refractivity contribution >= 4 is 17.3 Å². The second kappa shape index (κ2) is 4.92. The van der Waals surface area contributed by atoms with Gasteiger partial charge in [-0.25, -0.2) is 5.01 Å². The zero-order valence-electron chi connectivity index (χ0n) is 11.5. The van der Waals surface area contributed by atoms with Gasteiger partial charge in [0.2, 0.25) is 0 Å². The summed E-state index contributed by atoms with van der Waals surface area (Å²) < 4.78 is 0. The number of aryl methyl sites for hydroxylation is 2. The lowest BCUT2D eigenvalue weighted by Gasteiger charge is -2.13. The number of hydrogen-bond donors (Lipinski definition) is 0. The van der Waals surface area contributed by atoms with Crippen molar-refractivity contribution in [3.05, 3.63) is 29.3 Å². The summed E-state index contributed by atoms with van der Waals surface area (Å²) >= 11 is 0. The first kappa shape index (κ1) is 12.8. The van der Waals surface area contributed by atoms with Crippen molar-refractivity contribution in [2.45, 2.75) is 40.5 Å². The summed E-state index contributed by atoms with van der Waals surface area (Å²) in [6, 6.07) is 6.11. The highest BCUT2D eigenvalue weighted by Crippen LogP contribution is 2.24. The molecule has 2 rings (SSSR count). The van der Waals surface area contributed by atoms with Crippen molar-refractivity contribution in [3.8, 4) is 0 Å². The zero-order valence-corrected chi connectivity index (χ0v) is 11.5. The smallest absolute Gasteiger partial charge is 0.253 e. The van der Waals surface area contributed by atoms with Gasteiger partial charge in [-0.15, -0.1) is 0 Å². The maximum absolute atomic E-state index is 12.0. The molecule has 96 valence electrons. The largest absolute Gasteiger partial charge is 0.272 e. The highest BCUT2D eigenvalue weighted by molar-refractivity contribution is 6.13. The minimum Gasteiger partial charge on any atom is -0.272 e. The number of nitrogens with zero attached hydrogens (tertiary/aromatic N) is 2. The van der Waals surface area contributed by atoms with Gasteiger partial charge in [0.1, 0.15) is 0 Å². The monoisotopic (exact) mass is 244 g/mol. The van der Waals surface area contributed by atoms with Gasteiger partial charge in [-0.3, -0.25) is 4.79 Å². The van der Waals surface area contributed by atoms with Crippen LogP contribution < -0.4 is 5.01 Å². The topological polar surface area (TPSA) is 32.7 Å². The highest BCUT2D eigenvalue weighted by Gasteiger charge is 2.25. The first-order valence-corrected chi connectivity index (χ1v) is 6.43. The van der Waals surface area contributed by atoms with Crippen LogP contribution in [0.1, 0.15) is 37.8 Å². The third-order valence-corrected chi connectivity index (χ3v) is 2.93. The molecule has 0 saturated heterocycles. The van der Waals surface area contributed by atoms with E-state index in [1.807, 2.05) is 26.0 Å². The molecule has 0 aromatic heterocycles. The molecule has 1 aromatic rings. The number of rotatable bonds is 3. The fourth-order valence-corrected chi connectivity index (χ4v) is 2.34. The molecule has 18 heavy (non-hydrogen) atoms. The predicted octanol–water partition coefficient (Wildman–Crippen LogP) is 3.44. The van der Waals surface area contributed by atoms with E-state index >= 15 is 0 Å². The minimum atomic E-state index is 0.0793. The molecule has 0 aliphatic carbocycles. The average Bonchev–Trinajstić information content (AvgIpc) is 2.56. The van der Waals surface area contributed by atoms with Crippen LogP contribution >= 0.6 is 0 Å². The van der Waals surface area contributed by atoms with Gasteiger partial charge in [0.25, 0.3) is 5.91 Å². The van der Waals surface area contributed by atoms with Crippen LogP contribution in [-0.4, -0.2) is 11.6 Å². The molecule has 1 aliphatic heterocycles. The van der Waals surface area contributed by atoms with Gasteiger partial charge < -0.3 is 0 Å². The van der Waals surface area contributed by atoms with Crippen LogP contribution in [-0.2, 0) is 4.79 Å². The molecule has 3 nitrogen and oxygen atoms in total. The lowest BCUT2D eigenvalue weighted by atomic mass is 10.1. The Bertz CT molecular complexity index is 483. The summed E-state index contributed by atoms with van der Waals surface area (Å²) in [5.41, 5.74) is 4.20. The Morgan fingerprint density at radius 3 is 2.39 bits per heavy atom. The predicted molar refractivity (Wildman–Crippen MR) is 74.9 cm³/mol. The molecule has 1 amide bonds. The van der Waals surface area contributed by atoms with E-state index in [1.54, 1.807) is 5.01 Å². The molecular formula is C15H20N2O. The van der Waals surface area contributed by atoms with E-state index in [9.17, 15) is 4.79 Å². The van der Waals surface area contributed by atoms with Gasteiger partial charge in [-0.2, -0.15) is 5.10 Å². The van der Waals surface area contributed by atoms with Gasteiger partial charge in [-0.1, -0.05) is 19.9 Å². The third-order valence-electron chi connectivity index (χ3n) is 2.93. The Labute approximate surface area is 108 Å². The molecule has 0 saturated carbocycles. The van der Waals surface area contributed by atoms with Gasteiger partial charge >= 0.3 is 0 Å². The minimum absolute atomic E-state index is 0.0793. The van der Waals surface area contributed by atoms with Crippen LogP contribution in [0.25, 0.3) is 0 Å². The van der Waals surface area contributed by atoms with Crippen molar-refractivity contribution in [3.63, 3.8) is 0 Å². The number of amides is 1. The van der Waals surface area contributed by atoms with E-state index in [1.165, 1.54) is 0 Å². The molecule has 3 heteroatoms. The summed E-state index contributed by atoms with van der Waals surface area (Å²) in [6.45, 7) is 8.37. The average molecular weight is 244 g/mol. The third kappa shape index (κ3) is 2.78. The van der Waals surface area contributed by atoms with E-state index in [2.05, 4.69) is 25.0 Å². The summed E-state index contributed by atoms with van der Waals surface area (Å²) in [5, 5.41) is 6.02. The second-order valence-electron chi connectivity index (χ2n) is 5.49. The van der Waals surface area contributed by atoms with Crippen LogP contribution in [0.15, 0.2) is 23.3 Å². The SMILES string of the molecule is Cc1cc(C)cc(N2N=C(CC(C)C)CC2=O)c1. The Hall–Kier alpha value is -1.64. The lowest BCUT2D eigenvalue weighted by Crippen LogP contribution is -2.19. The van der Waals surface area contributed by atoms with Gasteiger partial charge in [0.15, 0.2) is 0 Å². The van der Waals surface area contributed by atoms with E-state index in [0.29, 0.717) is 12.3 Å². The Kier molecular flexibility index (Phi) is 3.50. The number of benzene rings is 1. The molecular weight excluding hydrogens is 224 g/mol. The Morgan fingerprint density at radius 2 is 1.83 bits per heavy atom. The fourth-order valence-electron chi connectivity index (χ4n) is 2.34. The van der Waals surface area contributed by atoms with E-state index < -0.39 is 0 Å². The Balaban J connectivity index is 2.27. The van der Waals surface area contributed by atoms with Crippen molar-refractivity contribution in [2.24, 2.45) is 11.0 Å². The Morgan fingerprint density at radius 1 is 1.22 bits per heavy atom. The molecule has 0 N–H and O–H groups in total. The van der Waals surface area contributed by atoms with E-state index in [0.717, 1.165) is 28.9 Å². The van der Waals surface area contributed by atoms with Gasteiger partial charge in [0, 0.05) is 5.71 Å². The molecule has 1 aromatic carbocycles. The molecule has 1 aliphatic rings. The summed E-state index contributed by atoms with van der Waals surface area (Å²) in [6.07, 6.45) is 1.36. The molecule has 0 spiro atoms. The summed E-state index contributed by atoms with van der Waals surface area (Å²) in [4.78, 5) is 12.0. The number of carbonyl (C=O) groups is 1. The lowest BCUT2D eigenvalue weighted by molar-refractivity contribution is -0.116. The number of anilines is 1. The number of hydrazone groups is 1. The normalized spacial score (nSPS) is 15.5. The quantitative estimate of drug-likeness (QED) is 0.801.